The fourth-order valence-electron chi connectivity index (χ4n) is 0.574. The number of nitrogens with zero attached hydrogens (tertiary/aromatic N) is 1. The van der Waals surface area contributed by atoms with Crippen LogP contribution in [0.5, 0.6) is 0 Å². The average Bonchev–Trinajstić information content (AvgIpc) is 2.27. The highest BCUT2D eigenvalue weighted by Crippen LogP contribution is 2.24. The molecule has 5 heteroatoms. The predicted octanol–water partition coefficient (Wildman–Crippen LogP) is 1.70. The average molecular weight is 210 g/mol. The molecular formula is C7H9Cl2NO2. The zero-order valence-corrected chi connectivity index (χ0v) is 8.53. The highest BCUT2D eigenvalue weighted by Gasteiger charge is 2.33. The summed E-state index contributed by atoms with van der Waals surface area (Å²) in [5, 5.41) is -0.400. The van der Waals surface area contributed by atoms with Gasteiger partial charge in [0.15, 0.2) is 0 Å². The predicted molar refractivity (Wildman–Crippen MR) is 47.9 cm³/mol. The molecule has 0 saturated carbocycles. The Bertz CT molecular complexity index is 224. The first-order valence-corrected chi connectivity index (χ1v) is 4.19. The van der Waals surface area contributed by atoms with E-state index in [4.69, 9.17) is 23.2 Å². The number of carbonyl (C=O) groups excluding carboxylic acids is 2. The van der Waals surface area contributed by atoms with Crippen LogP contribution in [0, 0.1) is 0 Å². The van der Waals surface area contributed by atoms with Crippen molar-refractivity contribution < 1.29 is 9.59 Å². The highest BCUT2D eigenvalue weighted by atomic mass is 35.5. The first-order valence-electron chi connectivity index (χ1n) is 3.43. The van der Waals surface area contributed by atoms with Gasteiger partial charge in [0.2, 0.25) is 0 Å². The van der Waals surface area contributed by atoms with Crippen LogP contribution in [-0.2, 0) is 9.59 Å². The molecule has 1 rings (SSSR count). The number of amides is 2. The fraction of sp³-hybridized carbons (Fsp3) is 0.429. The zero-order chi connectivity index (χ0) is 9.89. The lowest BCUT2D eigenvalue weighted by Gasteiger charge is -2.02. The fourth-order valence-corrected chi connectivity index (χ4v) is 0.990. The lowest BCUT2D eigenvalue weighted by Crippen LogP contribution is -2.25. The van der Waals surface area contributed by atoms with E-state index >= 15 is 0 Å². The molecule has 1 heterocycles. The van der Waals surface area contributed by atoms with Crippen molar-refractivity contribution in [3.8, 4) is 0 Å². The summed E-state index contributed by atoms with van der Waals surface area (Å²) in [6, 6.07) is 0. The van der Waals surface area contributed by atoms with Gasteiger partial charge in [-0.1, -0.05) is 37.0 Å². The highest BCUT2D eigenvalue weighted by molar-refractivity contribution is 6.58. The summed E-state index contributed by atoms with van der Waals surface area (Å²) in [6.07, 6.45) is 0. The molecule has 0 spiro atoms. The van der Waals surface area contributed by atoms with E-state index in [1.807, 2.05) is 13.8 Å². The van der Waals surface area contributed by atoms with E-state index in [0.717, 1.165) is 4.90 Å². The molecule has 0 radical (unpaired) electrons. The van der Waals surface area contributed by atoms with Crippen LogP contribution in [0.2, 0.25) is 0 Å². The summed E-state index contributed by atoms with van der Waals surface area (Å²) in [5.74, 6) is -1.09. The Balaban J connectivity index is 0.000000561. The molecule has 0 aromatic rings. The number of rotatable bonds is 0. The Morgan fingerprint density at radius 1 is 1.00 bits per heavy atom. The van der Waals surface area contributed by atoms with Crippen LogP contribution in [0.15, 0.2) is 10.1 Å². The van der Waals surface area contributed by atoms with E-state index in [1.165, 1.54) is 7.05 Å². The maximum absolute atomic E-state index is 10.8. The second-order valence-corrected chi connectivity index (χ2v) is 2.55. The molecule has 0 unspecified atom stereocenters. The number of hydrogen-bond acceptors (Lipinski definition) is 2. The van der Waals surface area contributed by atoms with Crippen LogP contribution in [-0.4, -0.2) is 23.8 Å². The van der Waals surface area contributed by atoms with E-state index in [-0.39, 0.29) is 10.1 Å². The first kappa shape index (κ1) is 11.5. The molecule has 0 aromatic carbocycles. The zero-order valence-electron chi connectivity index (χ0n) is 7.02. The molecule has 3 nitrogen and oxygen atoms in total. The lowest BCUT2D eigenvalue weighted by molar-refractivity contribution is -0.135. The monoisotopic (exact) mass is 209 g/mol. The molecule has 1 aliphatic heterocycles. The quantitative estimate of drug-likeness (QED) is 0.570. The van der Waals surface area contributed by atoms with Crippen molar-refractivity contribution in [3.63, 3.8) is 0 Å². The Morgan fingerprint density at radius 2 is 1.25 bits per heavy atom. The Labute approximate surface area is 80.9 Å². The second kappa shape index (κ2) is 4.48. The Morgan fingerprint density at radius 3 is 1.33 bits per heavy atom. The third-order valence-corrected chi connectivity index (χ3v) is 1.98. The van der Waals surface area contributed by atoms with Crippen LogP contribution < -0.4 is 0 Å². The van der Waals surface area contributed by atoms with Crippen LogP contribution in [0.25, 0.3) is 0 Å². The van der Waals surface area contributed by atoms with Crippen LogP contribution in [0.4, 0.5) is 0 Å². The summed E-state index contributed by atoms with van der Waals surface area (Å²) in [7, 11) is 1.32. The smallest absolute Gasteiger partial charge is 0.273 e. The van der Waals surface area contributed by atoms with Gasteiger partial charge in [-0.2, -0.15) is 0 Å². The maximum Gasteiger partial charge on any atom is 0.273 e. The summed E-state index contributed by atoms with van der Waals surface area (Å²) >= 11 is 10.7. The number of imide groups is 1. The van der Waals surface area contributed by atoms with E-state index in [0.29, 0.717) is 0 Å². The molecule has 1 aliphatic rings. The topological polar surface area (TPSA) is 37.4 Å². The minimum absolute atomic E-state index is 0.200. The summed E-state index contributed by atoms with van der Waals surface area (Å²) in [5.41, 5.74) is 0. The molecule has 0 atom stereocenters. The largest absolute Gasteiger partial charge is 0.276 e. The van der Waals surface area contributed by atoms with Crippen molar-refractivity contribution in [1.29, 1.82) is 0 Å². The minimum atomic E-state index is -0.545. The third-order valence-electron chi connectivity index (χ3n) is 1.18. The molecular weight excluding hydrogens is 201 g/mol. The van der Waals surface area contributed by atoms with Gasteiger partial charge in [-0.3, -0.25) is 14.5 Å². The maximum atomic E-state index is 10.8. The molecule has 0 aromatic heterocycles. The van der Waals surface area contributed by atoms with Gasteiger partial charge in [-0.15, -0.1) is 0 Å². The van der Waals surface area contributed by atoms with Gasteiger partial charge in [0.1, 0.15) is 10.1 Å². The summed E-state index contributed by atoms with van der Waals surface area (Å²) < 4.78 is 0. The normalized spacial score (nSPS) is 16.6. The van der Waals surface area contributed by atoms with Gasteiger partial charge in [0.05, 0.1) is 0 Å². The Kier molecular flexibility index (Phi) is 4.28. The number of carbonyl (C=O) groups is 2. The molecule has 0 aliphatic carbocycles. The van der Waals surface area contributed by atoms with Gasteiger partial charge >= 0.3 is 0 Å². The standard InChI is InChI=1S/C5H3Cl2NO2.C2H6/c1-8-4(9)2(6)3(7)5(8)10;1-2/h1H3;1-2H3. The Hall–Kier alpha value is -0.540. The van der Waals surface area contributed by atoms with Crippen molar-refractivity contribution in [1.82, 2.24) is 4.90 Å². The third kappa shape index (κ3) is 1.79. The minimum Gasteiger partial charge on any atom is -0.276 e. The van der Waals surface area contributed by atoms with Gasteiger partial charge in [0, 0.05) is 7.05 Å². The van der Waals surface area contributed by atoms with Crippen LogP contribution >= 0.6 is 23.2 Å². The van der Waals surface area contributed by atoms with Gasteiger partial charge in [-0.25, -0.2) is 0 Å². The second-order valence-electron chi connectivity index (χ2n) is 1.80. The molecule has 0 fully saturated rings. The van der Waals surface area contributed by atoms with Gasteiger partial charge < -0.3 is 0 Å². The van der Waals surface area contributed by atoms with E-state index in [2.05, 4.69) is 0 Å². The molecule has 0 saturated heterocycles. The lowest BCUT2D eigenvalue weighted by atomic mass is 10.5. The molecule has 0 N–H and O–H groups in total. The van der Waals surface area contributed by atoms with Crippen molar-refractivity contribution in [2.24, 2.45) is 0 Å². The van der Waals surface area contributed by atoms with Crippen molar-refractivity contribution >= 4 is 35.0 Å². The van der Waals surface area contributed by atoms with Crippen molar-refractivity contribution in [2.75, 3.05) is 7.05 Å². The van der Waals surface area contributed by atoms with E-state index in [1.54, 1.807) is 0 Å². The van der Waals surface area contributed by atoms with Crippen LogP contribution in [0.1, 0.15) is 13.8 Å². The molecule has 0 bridgehead atoms. The molecule has 68 valence electrons. The van der Waals surface area contributed by atoms with Crippen molar-refractivity contribution in [2.45, 2.75) is 13.8 Å². The van der Waals surface area contributed by atoms with Gasteiger partial charge in [0.25, 0.3) is 11.8 Å². The van der Waals surface area contributed by atoms with Gasteiger partial charge in [-0.05, 0) is 0 Å². The summed E-state index contributed by atoms with van der Waals surface area (Å²) in [6.45, 7) is 4.00. The van der Waals surface area contributed by atoms with Crippen molar-refractivity contribution in [3.05, 3.63) is 10.1 Å². The number of hydrogen-bond donors (Lipinski definition) is 0. The first-order chi connectivity index (χ1) is 5.55. The summed E-state index contributed by atoms with van der Waals surface area (Å²) in [4.78, 5) is 22.4. The SMILES string of the molecule is CC.CN1C(=O)C(Cl)=C(Cl)C1=O. The van der Waals surface area contributed by atoms with Crippen LogP contribution in [0.3, 0.4) is 0 Å². The molecule has 2 amide bonds. The number of likely N-dealkylation sites (N-methyl/N-ethyl adjacent to an activating group) is 1. The number of halogens is 2. The molecule has 12 heavy (non-hydrogen) atoms. The van der Waals surface area contributed by atoms with E-state index in [9.17, 15) is 9.59 Å². The van der Waals surface area contributed by atoms with E-state index < -0.39 is 11.8 Å².